The van der Waals surface area contributed by atoms with Gasteiger partial charge in [-0.3, -0.25) is 0 Å². The number of nitrogen functional groups attached to an aromatic ring is 1. The quantitative estimate of drug-likeness (QED) is 0.785. The molecule has 0 saturated carbocycles. The smallest absolute Gasteiger partial charge is 0.180 e. The summed E-state index contributed by atoms with van der Waals surface area (Å²) in [6, 6.07) is 14.8. The summed E-state index contributed by atoms with van der Waals surface area (Å²) in [5, 5.41) is 2.44. The van der Waals surface area contributed by atoms with Crippen molar-refractivity contribution in [3.8, 4) is 11.1 Å². The molecule has 1 aromatic heterocycles. The molecule has 0 fully saturated rings. The van der Waals surface area contributed by atoms with E-state index in [1.54, 1.807) is 6.07 Å². The molecule has 20 heavy (non-hydrogen) atoms. The van der Waals surface area contributed by atoms with Gasteiger partial charge in [-0.2, -0.15) is 0 Å². The van der Waals surface area contributed by atoms with E-state index >= 15 is 0 Å². The summed E-state index contributed by atoms with van der Waals surface area (Å²) in [6.07, 6.45) is 0.597. The highest BCUT2D eigenvalue weighted by Crippen LogP contribution is 2.24. The Morgan fingerprint density at radius 3 is 2.55 bits per heavy atom. The fourth-order valence-electron chi connectivity index (χ4n) is 2.13. The van der Waals surface area contributed by atoms with E-state index in [1.165, 1.54) is 11.3 Å². The molecule has 2 N–H and O–H groups in total. The highest BCUT2D eigenvalue weighted by Gasteiger charge is 2.07. The van der Waals surface area contributed by atoms with Gasteiger partial charge in [0.15, 0.2) is 5.13 Å². The predicted octanol–water partition coefficient (Wildman–Crippen LogP) is 4.12. The first-order chi connectivity index (χ1) is 9.72. The minimum atomic E-state index is -0.211. The van der Waals surface area contributed by atoms with E-state index in [1.807, 2.05) is 47.8 Å². The average molecular weight is 284 g/mol. The van der Waals surface area contributed by atoms with E-state index in [0.717, 1.165) is 16.8 Å². The molecule has 4 heteroatoms. The van der Waals surface area contributed by atoms with Gasteiger partial charge in [0, 0.05) is 17.4 Å². The topological polar surface area (TPSA) is 38.9 Å². The summed E-state index contributed by atoms with van der Waals surface area (Å²) in [5.74, 6) is -0.211. The first-order valence-electron chi connectivity index (χ1n) is 6.26. The number of halogens is 1. The molecule has 0 unspecified atom stereocenters. The summed E-state index contributed by atoms with van der Waals surface area (Å²) in [5.41, 5.74) is 8.87. The van der Waals surface area contributed by atoms with Crippen molar-refractivity contribution in [1.29, 1.82) is 0 Å². The molecule has 0 amide bonds. The molecule has 0 aliphatic heterocycles. The maximum absolute atomic E-state index is 14.2. The fourth-order valence-corrected chi connectivity index (χ4v) is 2.70. The predicted molar refractivity (Wildman–Crippen MR) is 81.2 cm³/mol. The molecular formula is C16H13FN2S. The standard InChI is InChI=1S/C16H13FN2S/c17-15-9-11(8-13-10-20-16(18)19-13)6-7-14(15)12-4-2-1-3-5-12/h1-7,9-10H,8H2,(H2,18,19). The molecule has 0 radical (unpaired) electrons. The molecule has 2 aromatic carbocycles. The lowest BCUT2D eigenvalue weighted by Crippen LogP contribution is -1.92. The molecule has 0 aliphatic carbocycles. The minimum Gasteiger partial charge on any atom is -0.375 e. The van der Waals surface area contributed by atoms with Gasteiger partial charge in [-0.05, 0) is 17.2 Å². The Balaban J connectivity index is 1.88. The Bertz CT molecular complexity index is 722. The molecular weight excluding hydrogens is 271 g/mol. The van der Waals surface area contributed by atoms with Crippen LogP contribution in [-0.2, 0) is 6.42 Å². The molecule has 0 saturated heterocycles. The van der Waals surface area contributed by atoms with Crippen LogP contribution >= 0.6 is 11.3 Å². The van der Waals surface area contributed by atoms with Crippen molar-refractivity contribution in [1.82, 2.24) is 4.98 Å². The second-order valence-corrected chi connectivity index (χ2v) is 5.42. The van der Waals surface area contributed by atoms with Crippen molar-refractivity contribution in [2.24, 2.45) is 0 Å². The van der Waals surface area contributed by atoms with Crippen LogP contribution in [0, 0.1) is 5.82 Å². The Kier molecular flexibility index (Phi) is 3.48. The Labute approximate surface area is 120 Å². The van der Waals surface area contributed by atoms with Gasteiger partial charge in [0.05, 0.1) is 5.69 Å². The normalized spacial score (nSPS) is 10.7. The molecule has 100 valence electrons. The van der Waals surface area contributed by atoms with Crippen LogP contribution in [0.5, 0.6) is 0 Å². The van der Waals surface area contributed by atoms with Crippen molar-refractivity contribution in [2.75, 3.05) is 5.73 Å². The largest absolute Gasteiger partial charge is 0.375 e. The number of nitrogens with two attached hydrogens (primary N) is 1. The van der Waals surface area contributed by atoms with Crippen LogP contribution in [0.3, 0.4) is 0 Å². The number of benzene rings is 2. The zero-order valence-corrected chi connectivity index (χ0v) is 11.5. The van der Waals surface area contributed by atoms with Crippen molar-refractivity contribution in [3.05, 3.63) is 71.0 Å². The summed E-state index contributed by atoms with van der Waals surface area (Å²) in [4.78, 5) is 4.19. The third-order valence-electron chi connectivity index (χ3n) is 3.07. The molecule has 2 nitrogen and oxygen atoms in total. The number of hydrogen-bond donors (Lipinski definition) is 1. The first kappa shape index (κ1) is 12.8. The lowest BCUT2D eigenvalue weighted by molar-refractivity contribution is 0.629. The SMILES string of the molecule is Nc1nc(Cc2ccc(-c3ccccc3)c(F)c2)cs1. The minimum absolute atomic E-state index is 0.211. The number of anilines is 1. The van der Waals surface area contributed by atoms with Crippen LogP contribution in [0.4, 0.5) is 9.52 Å². The van der Waals surface area contributed by atoms with Crippen molar-refractivity contribution in [3.63, 3.8) is 0 Å². The summed E-state index contributed by atoms with van der Waals surface area (Å²) < 4.78 is 14.2. The van der Waals surface area contributed by atoms with E-state index in [2.05, 4.69) is 4.98 Å². The third-order valence-corrected chi connectivity index (χ3v) is 3.80. The number of nitrogens with zero attached hydrogens (tertiary/aromatic N) is 1. The van der Waals surface area contributed by atoms with Crippen molar-refractivity contribution < 1.29 is 4.39 Å². The molecule has 3 rings (SSSR count). The first-order valence-corrected chi connectivity index (χ1v) is 7.14. The number of rotatable bonds is 3. The lowest BCUT2D eigenvalue weighted by Gasteiger charge is -2.05. The molecule has 0 spiro atoms. The maximum Gasteiger partial charge on any atom is 0.180 e. The van der Waals surface area contributed by atoms with Gasteiger partial charge in [-0.25, -0.2) is 9.37 Å². The molecule has 1 heterocycles. The van der Waals surface area contributed by atoms with Gasteiger partial charge in [0.1, 0.15) is 5.82 Å². The Morgan fingerprint density at radius 1 is 1.10 bits per heavy atom. The van der Waals surface area contributed by atoms with Gasteiger partial charge in [-0.15, -0.1) is 11.3 Å². The van der Waals surface area contributed by atoms with E-state index in [0.29, 0.717) is 17.1 Å². The van der Waals surface area contributed by atoms with Gasteiger partial charge < -0.3 is 5.73 Å². The van der Waals surface area contributed by atoms with Crippen molar-refractivity contribution in [2.45, 2.75) is 6.42 Å². The molecule has 0 atom stereocenters. The van der Waals surface area contributed by atoms with E-state index in [9.17, 15) is 4.39 Å². The van der Waals surface area contributed by atoms with E-state index in [-0.39, 0.29) is 5.82 Å². The lowest BCUT2D eigenvalue weighted by atomic mass is 10.0. The van der Waals surface area contributed by atoms with Gasteiger partial charge in [0.25, 0.3) is 0 Å². The average Bonchev–Trinajstić information content (AvgIpc) is 2.85. The maximum atomic E-state index is 14.2. The van der Waals surface area contributed by atoms with Crippen LogP contribution in [0.15, 0.2) is 53.9 Å². The fraction of sp³-hybridized carbons (Fsp3) is 0.0625. The van der Waals surface area contributed by atoms with E-state index < -0.39 is 0 Å². The van der Waals surface area contributed by atoms with E-state index in [4.69, 9.17) is 5.73 Å². The molecule has 0 aliphatic rings. The summed E-state index contributed by atoms with van der Waals surface area (Å²) in [6.45, 7) is 0. The van der Waals surface area contributed by atoms with Crippen LogP contribution in [-0.4, -0.2) is 4.98 Å². The number of thiazole rings is 1. The summed E-state index contributed by atoms with van der Waals surface area (Å²) >= 11 is 1.40. The zero-order valence-electron chi connectivity index (χ0n) is 10.7. The summed E-state index contributed by atoms with van der Waals surface area (Å²) in [7, 11) is 0. The molecule has 3 aromatic rings. The van der Waals surface area contributed by atoms with Gasteiger partial charge in [0.2, 0.25) is 0 Å². The molecule has 0 bridgehead atoms. The van der Waals surface area contributed by atoms with Crippen molar-refractivity contribution >= 4 is 16.5 Å². The Morgan fingerprint density at radius 2 is 1.90 bits per heavy atom. The van der Waals surface area contributed by atoms with Gasteiger partial charge >= 0.3 is 0 Å². The van der Waals surface area contributed by atoms with Crippen LogP contribution in [0.2, 0.25) is 0 Å². The van der Waals surface area contributed by atoms with Crippen LogP contribution in [0.1, 0.15) is 11.3 Å². The Hall–Kier alpha value is -2.20. The third kappa shape index (κ3) is 2.70. The van der Waals surface area contributed by atoms with Crippen LogP contribution in [0.25, 0.3) is 11.1 Å². The zero-order chi connectivity index (χ0) is 13.9. The van der Waals surface area contributed by atoms with Gasteiger partial charge in [-0.1, -0.05) is 42.5 Å². The number of aromatic nitrogens is 1. The highest BCUT2D eigenvalue weighted by molar-refractivity contribution is 7.13. The monoisotopic (exact) mass is 284 g/mol. The number of hydrogen-bond acceptors (Lipinski definition) is 3. The second kappa shape index (κ2) is 5.43. The second-order valence-electron chi connectivity index (χ2n) is 4.53. The highest BCUT2D eigenvalue weighted by atomic mass is 32.1. The van der Waals surface area contributed by atoms with Crippen LogP contribution < -0.4 is 5.73 Å².